The summed E-state index contributed by atoms with van der Waals surface area (Å²) in [5.41, 5.74) is 0.995. The van der Waals surface area contributed by atoms with Crippen molar-refractivity contribution in [2.24, 2.45) is 0 Å². The lowest BCUT2D eigenvalue weighted by molar-refractivity contribution is -0.119. The minimum absolute atomic E-state index is 0.180. The van der Waals surface area contributed by atoms with Crippen LogP contribution in [0.5, 0.6) is 0 Å². The average molecular weight is 206 g/mol. The molecular weight excluding hydrogens is 194 g/mol. The number of carbonyl (C=O) groups excluding carboxylic acids is 2. The molecule has 0 bridgehead atoms. The zero-order valence-electron chi connectivity index (χ0n) is 8.69. The fourth-order valence-electron chi connectivity index (χ4n) is 1.01. The second-order valence-corrected chi connectivity index (χ2v) is 2.90. The Bertz CT molecular complexity index is 357. The number of hydrogen-bond donors (Lipinski definition) is 0. The van der Waals surface area contributed by atoms with E-state index in [9.17, 15) is 9.59 Å². The van der Waals surface area contributed by atoms with E-state index in [-0.39, 0.29) is 5.91 Å². The van der Waals surface area contributed by atoms with Crippen LogP contribution in [0, 0.1) is 0 Å². The zero-order valence-corrected chi connectivity index (χ0v) is 8.69. The van der Waals surface area contributed by atoms with Crippen LogP contribution in [0.25, 0.3) is 0 Å². The number of hydrogen-bond acceptors (Lipinski definition) is 3. The SMILES string of the molecule is CCC(=O)[N]c1ccc(C(=O)OC)cc1. The van der Waals surface area contributed by atoms with Crippen molar-refractivity contribution in [3.05, 3.63) is 29.8 Å². The maximum absolute atomic E-state index is 11.1. The summed E-state index contributed by atoms with van der Waals surface area (Å²) in [5, 5.41) is 3.81. The van der Waals surface area contributed by atoms with Crippen molar-refractivity contribution in [3.8, 4) is 0 Å². The highest BCUT2D eigenvalue weighted by Crippen LogP contribution is 2.10. The molecule has 0 unspecified atom stereocenters. The molecule has 0 heterocycles. The minimum Gasteiger partial charge on any atom is -0.465 e. The van der Waals surface area contributed by atoms with Crippen molar-refractivity contribution < 1.29 is 14.3 Å². The molecule has 0 atom stereocenters. The van der Waals surface area contributed by atoms with Crippen molar-refractivity contribution in [3.63, 3.8) is 0 Å². The van der Waals surface area contributed by atoms with Gasteiger partial charge in [0.15, 0.2) is 0 Å². The molecule has 1 radical (unpaired) electrons. The third kappa shape index (κ3) is 3.09. The Morgan fingerprint density at radius 3 is 2.33 bits per heavy atom. The Balaban J connectivity index is 2.72. The van der Waals surface area contributed by atoms with Gasteiger partial charge in [-0.3, -0.25) is 4.79 Å². The number of rotatable bonds is 3. The summed E-state index contributed by atoms with van der Waals surface area (Å²) in [5.74, 6) is -0.579. The first kappa shape index (κ1) is 11.2. The highest BCUT2D eigenvalue weighted by molar-refractivity contribution is 5.90. The smallest absolute Gasteiger partial charge is 0.337 e. The topological polar surface area (TPSA) is 57.5 Å². The van der Waals surface area contributed by atoms with Crippen LogP contribution in [-0.2, 0) is 9.53 Å². The molecule has 4 nitrogen and oxygen atoms in total. The molecule has 15 heavy (non-hydrogen) atoms. The van der Waals surface area contributed by atoms with E-state index in [0.717, 1.165) is 0 Å². The molecule has 0 aromatic heterocycles. The molecule has 0 saturated heterocycles. The minimum atomic E-state index is -0.400. The molecule has 0 saturated carbocycles. The number of nitrogens with zero attached hydrogens (tertiary/aromatic N) is 1. The standard InChI is InChI=1S/C11H12NO3/c1-3-10(13)12-9-6-4-8(5-7-9)11(14)15-2/h4-7H,3H2,1-2H3. The van der Waals surface area contributed by atoms with Gasteiger partial charge in [-0.25, -0.2) is 10.1 Å². The van der Waals surface area contributed by atoms with Gasteiger partial charge in [0.25, 0.3) is 0 Å². The summed E-state index contributed by atoms with van der Waals surface area (Å²) < 4.78 is 4.54. The lowest BCUT2D eigenvalue weighted by Crippen LogP contribution is -2.08. The summed E-state index contributed by atoms with van der Waals surface area (Å²) in [6.07, 6.45) is 0.374. The van der Waals surface area contributed by atoms with Crippen LogP contribution >= 0.6 is 0 Å². The Labute approximate surface area is 88.2 Å². The maximum atomic E-state index is 11.1. The van der Waals surface area contributed by atoms with Crippen molar-refractivity contribution in [2.75, 3.05) is 7.11 Å². The van der Waals surface area contributed by atoms with Gasteiger partial charge < -0.3 is 4.74 Å². The van der Waals surface area contributed by atoms with Crippen molar-refractivity contribution in [2.45, 2.75) is 13.3 Å². The molecule has 0 N–H and O–H groups in total. The number of amides is 1. The Morgan fingerprint density at radius 2 is 1.87 bits per heavy atom. The van der Waals surface area contributed by atoms with Crippen molar-refractivity contribution >= 4 is 17.6 Å². The second-order valence-electron chi connectivity index (χ2n) is 2.90. The van der Waals surface area contributed by atoms with Crippen molar-refractivity contribution in [1.82, 2.24) is 5.32 Å². The molecule has 0 aliphatic carbocycles. The number of ether oxygens (including phenoxy) is 1. The highest BCUT2D eigenvalue weighted by Gasteiger charge is 2.06. The summed E-state index contributed by atoms with van der Waals surface area (Å²) in [7, 11) is 1.32. The Kier molecular flexibility index (Phi) is 3.85. The molecule has 79 valence electrons. The second kappa shape index (κ2) is 5.14. The van der Waals surface area contributed by atoms with Gasteiger partial charge in [-0.05, 0) is 24.3 Å². The van der Waals surface area contributed by atoms with Crippen LogP contribution in [0.15, 0.2) is 24.3 Å². The number of benzene rings is 1. The molecule has 1 aromatic carbocycles. The zero-order chi connectivity index (χ0) is 11.3. The Morgan fingerprint density at radius 1 is 1.27 bits per heavy atom. The molecule has 0 aliphatic heterocycles. The van der Waals surface area contributed by atoms with Gasteiger partial charge in [0.1, 0.15) is 0 Å². The number of methoxy groups -OCH3 is 1. The van der Waals surface area contributed by atoms with Gasteiger partial charge in [-0.15, -0.1) is 0 Å². The molecule has 4 heteroatoms. The van der Waals surface area contributed by atoms with Gasteiger partial charge in [0, 0.05) is 6.42 Å². The molecule has 1 aromatic rings. The van der Waals surface area contributed by atoms with Crippen LogP contribution in [0.3, 0.4) is 0 Å². The number of esters is 1. The summed E-state index contributed by atoms with van der Waals surface area (Å²) in [6.45, 7) is 1.74. The predicted molar refractivity (Wildman–Crippen MR) is 54.9 cm³/mol. The van der Waals surface area contributed by atoms with Crippen LogP contribution in [0.2, 0.25) is 0 Å². The lowest BCUT2D eigenvalue weighted by atomic mass is 10.2. The maximum Gasteiger partial charge on any atom is 0.337 e. The monoisotopic (exact) mass is 206 g/mol. The van der Waals surface area contributed by atoms with Crippen LogP contribution in [0.1, 0.15) is 23.7 Å². The van der Waals surface area contributed by atoms with Crippen LogP contribution < -0.4 is 5.32 Å². The molecule has 0 aliphatic rings. The molecule has 1 rings (SSSR count). The predicted octanol–water partition coefficient (Wildman–Crippen LogP) is 1.65. The molecule has 0 fully saturated rings. The quantitative estimate of drug-likeness (QED) is 0.706. The van der Waals surface area contributed by atoms with Crippen molar-refractivity contribution in [1.29, 1.82) is 0 Å². The van der Waals surface area contributed by atoms with E-state index >= 15 is 0 Å². The summed E-state index contributed by atoms with van der Waals surface area (Å²) >= 11 is 0. The molecular formula is C11H12NO3. The largest absolute Gasteiger partial charge is 0.465 e. The third-order valence-electron chi connectivity index (χ3n) is 1.84. The van der Waals surface area contributed by atoms with E-state index < -0.39 is 5.97 Å². The first-order valence-electron chi connectivity index (χ1n) is 4.60. The molecule has 0 spiro atoms. The van der Waals surface area contributed by atoms with Gasteiger partial charge >= 0.3 is 5.97 Å². The van der Waals surface area contributed by atoms with E-state index in [0.29, 0.717) is 17.7 Å². The average Bonchev–Trinajstić information content (AvgIpc) is 2.29. The van der Waals surface area contributed by atoms with Crippen LogP contribution in [-0.4, -0.2) is 19.0 Å². The van der Waals surface area contributed by atoms with Gasteiger partial charge in [0.2, 0.25) is 5.91 Å². The Hall–Kier alpha value is -1.84. The summed E-state index contributed by atoms with van der Waals surface area (Å²) in [4.78, 5) is 22.1. The van der Waals surface area contributed by atoms with E-state index in [4.69, 9.17) is 0 Å². The van der Waals surface area contributed by atoms with E-state index in [1.807, 2.05) is 0 Å². The fourth-order valence-corrected chi connectivity index (χ4v) is 1.01. The normalized spacial score (nSPS) is 9.47. The molecule has 1 amide bonds. The van der Waals surface area contributed by atoms with Gasteiger partial charge in [-0.2, -0.15) is 0 Å². The van der Waals surface area contributed by atoms with Gasteiger partial charge in [-0.1, -0.05) is 6.92 Å². The third-order valence-corrected chi connectivity index (χ3v) is 1.84. The lowest BCUT2D eigenvalue weighted by Gasteiger charge is -2.01. The summed E-state index contributed by atoms with van der Waals surface area (Å²) in [6, 6.07) is 6.38. The highest BCUT2D eigenvalue weighted by atomic mass is 16.5. The fraction of sp³-hybridized carbons (Fsp3) is 0.273. The van der Waals surface area contributed by atoms with E-state index in [1.54, 1.807) is 31.2 Å². The van der Waals surface area contributed by atoms with E-state index in [2.05, 4.69) is 10.1 Å². The first-order valence-corrected chi connectivity index (χ1v) is 4.60. The number of carbonyl (C=O) groups is 2. The van der Waals surface area contributed by atoms with Crippen LogP contribution in [0.4, 0.5) is 5.69 Å². The van der Waals surface area contributed by atoms with E-state index in [1.165, 1.54) is 7.11 Å². The first-order chi connectivity index (χ1) is 7.17. The van der Waals surface area contributed by atoms with Gasteiger partial charge in [0.05, 0.1) is 18.4 Å².